The highest BCUT2D eigenvalue weighted by molar-refractivity contribution is 7.89. The van der Waals surface area contributed by atoms with Gasteiger partial charge in [0.15, 0.2) is 11.5 Å². The average Bonchev–Trinajstić information content (AvgIpc) is 3.47. The van der Waals surface area contributed by atoms with E-state index in [1.165, 1.54) is 12.3 Å². The largest absolute Gasteiger partial charge is 0.356 e. The Morgan fingerprint density at radius 1 is 1.28 bits per heavy atom. The number of sulfonamides is 1. The Kier molecular flexibility index (Phi) is 5.37. The van der Waals surface area contributed by atoms with Gasteiger partial charge in [0, 0.05) is 25.5 Å². The van der Waals surface area contributed by atoms with Crippen molar-refractivity contribution in [2.45, 2.75) is 43.5 Å². The fraction of sp³-hybridized carbons (Fsp3) is 0.421. The standard InChI is InChI=1S/C19H24N6O3S/c1-2-7-15(18-22-21-17-8-3-4-11-25(17)18)23-29(27,28)14-12-16(20-13-14)19(26)24-9-5-6-10-24/h3-4,8,11-13,15,20,23H,2,5-7,9-10H2,1H3. The molecule has 1 unspecified atom stereocenters. The van der Waals surface area contributed by atoms with Crippen LogP contribution in [-0.4, -0.2) is 51.9 Å². The predicted molar refractivity (Wildman–Crippen MR) is 107 cm³/mol. The lowest BCUT2D eigenvalue weighted by Gasteiger charge is -2.16. The molecule has 3 aromatic heterocycles. The summed E-state index contributed by atoms with van der Waals surface area (Å²) in [6, 6.07) is 6.38. The van der Waals surface area contributed by atoms with E-state index >= 15 is 0 Å². The molecule has 3 aromatic rings. The highest BCUT2D eigenvalue weighted by Crippen LogP contribution is 2.22. The Morgan fingerprint density at radius 2 is 2.07 bits per heavy atom. The van der Waals surface area contributed by atoms with Crippen molar-refractivity contribution in [2.24, 2.45) is 0 Å². The number of carbonyl (C=O) groups is 1. The minimum absolute atomic E-state index is 0.0370. The van der Waals surface area contributed by atoms with Crippen LogP contribution in [0.25, 0.3) is 5.65 Å². The number of rotatable bonds is 7. The van der Waals surface area contributed by atoms with Gasteiger partial charge in [0.05, 0.1) is 6.04 Å². The van der Waals surface area contributed by atoms with Crippen LogP contribution in [0.1, 0.15) is 55.0 Å². The Morgan fingerprint density at radius 3 is 2.83 bits per heavy atom. The van der Waals surface area contributed by atoms with Crippen LogP contribution in [0.2, 0.25) is 0 Å². The molecule has 2 N–H and O–H groups in total. The molecule has 1 saturated heterocycles. The summed E-state index contributed by atoms with van der Waals surface area (Å²) in [6.07, 6.45) is 6.45. The normalized spacial score (nSPS) is 15.8. The first-order chi connectivity index (χ1) is 14.0. The number of likely N-dealkylation sites (tertiary alicyclic amines) is 1. The van der Waals surface area contributed by atoms with Gasteiger partial charge in [-0.15, -0.1) is 10.2 Å². The Hall–Kier alpha value is -2.72. The van der Waals surface area contributed by atoms with Gasteiger partial charge in [-0.05, 0) is 37.5 Å². The third-order valence-electron chi connectivity index (χ3n) is 5.12. The van der Waals surface area contributed by atoms with Gasteiger partial charge in [0.2, 0.25) is 10.0 Å². The third kappa shape index (κ3) is 3.90. The quantitative estimate of drug-likeness (QED) is 0.613. The zero-order chi connectivity index (χ0) is 20.4. The van der Waals surface area contributed by atoms with Gasteiger partial charge in [0.25, 0.3) is 5.91 Å². The molecule has 154 valence electrons. The number of pyridine rings is 1. The molecular weight excluding hydrogens is 392 g/mol. The van der Waals surface area contributed by atoms with Crippen LogP contribution in [0.5, 0.6) is 0 Å². The van der Waals surface area contributed by atoms with Gasteiger partial charge in [-0.25, -0.2) is 13.1 Å². The molecular formula is C19H24N6O3S. The minimum atomic E-state index is -3.85. The summed E-state index contributed by atoms with van der Waals surface area (Å²) in [4.78, 5) is 17.1. The van der Waals surface area contributed by atoms with E-state index in [1.807, 2.05) is 31.3 Å². The van der Waals surface area contributed by atoms with Crippen LogP contribution in [0.3, 0.4) is 0 Å². The first-order valence-corrected chi connectivity index (χ1v) is 11.3. The number of hydrogen-bond acceptors (Lipinski definition) is 5. The number of H-pyrrole nitrogens is 1. The summed E-state index contributed by atoms with van der Waals surface area (Å²) in [5, 5.41) is 8.31. The van der Waals surface area contributed by atoms with Crippen molar-refractivity contribution in [3.8, 4) is 0 Å². The molecule has 10 heteroatoms. The molecule has 1 aliphatic heterocycles. The maximum atomic E-state index is 13.0. The number of aromatic nitrogens is 4. The number of fused-ring (bicyclic) bond motifs is 1. The van der Waals surface area contributed by atoms with Gasteiger partial charge in [-0.2, -0.15) is 0 Å². The van der Waals surface area contributed by atoms with Crippen molar-refractivity contribution in [3.63, 3.8) is 0 Å². The van der Waals surface area contributed by atoms with Crippen molar-refractivity contribution in [3.05, 3.63) is 48.2 Å². The number of amides is 1. The summed E-state index contributed by atoms with van der Waals surface area (Å²) in [5.41, 5.74) is 0.940. The molecule has 1 amide bonds. The second-order valence-electron chi connectivity index (χ2n) is 7.20. The molecule has 0 saturated carbocycles. The highest BCUT2D eigenvalue weighted by atomic mass is 32.2. The number of nitrogens with zero attached hydrogens (tertiary/aromatic N) is 4. The fourth-order valence-corrected chi connectivity index (χ4v) is 4.85. The zero-order valence-corrected chi connectivity index (χ0v) is 17.0. The predicted octanol–water partition coefficient (Wildman–Crippen LogP) is 2.11. The zero-order valence-electron chi connectivity index (χ0n) is 16.2. The number of aromatic amines is 1. The van der Waals surface area contributed by atoms with E-state index in [0.717, 1.165) is 19.3 Å². The lowest BCUT2D eigenvalue weighted by Crippen LogP contribution is -2.30. The summed E-state index contributed by atoms with van der Waals surface area (Å²) >= 11 is 0. The van der Waals surface area contributed by atoms with E-state index < -0.39 is 16.1 Å². The average molecular weight is 417 g/mol. The summed E-state index contributed by atoms with van der Waals surface area (Å²) in [6.45, 7) is 3.39. The fourth-order valence-electron chi connectivity index (χ4n) is 3.63. The second-order valence-corrected chi connectivity index (χ2v) is 8.91. The molecule has 1 atom stereocenters. The highest BCUT2D eigenvalue weighted by Gasteiger charge is 2.27. The monoisotopic (exact) mass is 416 g/mol. The molecule has 0 aliphatic carbocycles. The maximum Gasteiger partial charge on any atom is 0.270 e. The van der Waals surface area contributed by atoms with Crippen LogP contribution >= 0.6 is 0 Å². The summed E-state index contributed by atoms with van der Waals surface area (Å²) < 4.78 is 30.5. The van der Waals surface area contributed by atoms with Crippen LogP contribution in [0.15, 0.2) is 41.6 Å². The number of hydrogen-bond donors (Lipinski definition) is 2. The number of nitrogens with one attached hydrogen (secondary N) is 2. The Balaban J connectivity index is 1.58. The molecule has 4 rings (SSSR count). The van der Waals surface area contributed by atoms with E-state index in [0.29, 0.717) is 31.0 Å². The molecule has 9 nitrogen and oxygen atoms in total. The minimum Gasteiger partial charge on any atom is -0.356 e. The summed E-state index contributed by atoms with van der Waals surface area (Å²) in [7, 11) is -3.85. The van der Waals surface area contributed by atoms with Crippen LogP contribution < -0.4 is 4.72 Å². The van der Waals surface area contributed by atoms with E-state index in [1.54, 1.807) is 9.30 Å². The van der Waals surface area contributed by atoms with Gasteiger partial charge < -0.3 is 9.88 Å². The first kappa shape index (κ1) is 19.6. The SMILES string of the molecule is CCCC(NS(=O)(=O)c1c[nH]c(C(=O)N2CCCC2)c1)c1nnc2ccccn12. The molecule has 29 heavy (non-hydrogen) atoms. The van der Waals surface area contributed by atoms with Crippen molar-refractivity contribution < 1.29 is 13.2 Å². The van der Waals surface area contributed by atoms with Gasteiger partial charge in [-0.1, -0.05) is 19.4 Å². The van der Waals surface area contributed by atoms with E-state index in [9.17, 15) is 13.2 Å². The lowest BCUT2D eigenvalue weighted by molar-refractivity contribution is 0.0787. The molecule has 1 aliphatic rings. The lowest BCUT2D eigenvalue weighted by atomic mass is 10.2. The third-order valence-corrected chi connectivity index (χ3v) is 6.57. The Labute approximate surface area is 169 Å². The van der Waals surface area contributed by atoms with Crippen molar-refractivity contribution in [2.75, 3.05) is 13.1 Å². The van der Waals surface area contributed by atoms with Crippen molar-refractivity contribution in [1.29, 1.82) is 0 Å². The van der Waals surface area contributed by atoms with Crippen LogP contribution in [0.4, 0.5) is 0 Å². The molecule has 4 heterocycles. The van der Waals surface area contributed by atoms with E-state index in [-0.39, 0.29) is 16.5 Å². The topological polar surface area (TPSA) is 112 Å². The van der Waals surface area contributed by atoms with Crippen molar-refractivity contribution in [1.82, 2.24) is 29.2 Å². The van der Waals surface area contributed by atoms with Gasteiger partial charge in [-0.3, -0.25) is 9.20 Å². The maximum absolute atomic E-state index is 13.0. The van der Waals surface area contributed by atoms with Crippen LogP contribution in [-0.2, 0) is 10.0 Å². The number of carbonyl (C=O) groups excluding carboxylic acids is 1. The molecule has 0 radical (unpaired) electrons. The van der Waals surface area contributed by atoms with Crippen molar-refractivity contribution >= 4 is 21.6 Å². The second kappa shape index (κ2) is 7.96. The van der Waals surface area contributed by atoms with Gasteiger partial charge in [0.1, 0.15) is 10.6 Å². The molecule has 0 aromatic carbocycles. The summed E-state index contributed by atoms with van der Waals surface area (Å²) in [5.74, 6) is 0.368. The molecule has 0 spiro atoms. The smallest absolute Gasteiger partial charge is 0.270 e. The first-order valence-electron chi connectivity index (χ1n) is 9.79. The van der Waals surface area contributed by atoms with E-state index in [2.05, 4.69) is 19.9 Å². The molecule has 1 fully saturated rings. The molecule has 0 bridgehead atoms. The Bertz CT molecular complexity index is 1110. The van der Waals surface area contributed by atoms with E-state index in [4.69, 9.17) is 0 Å². The van der Waals surface area contributed by atoms with Crippen LogP contribution in [0, 0.1) is 0 Å². The van der Waals surface area contributed by atoms with Gasteiger partial charge >= 0.3 is 0 Å².